The number of nitrogens with one attached hydrogen (secondary N) is 1. The molecule has 0 aromatic heterocycles. The van der Waals surface area contributed by atoms with Crippen LogP contribution in [0.25, 0.3) is 0 Å². The van der Waals surface area contributed by atoms with Gasteiger partial charge in [-0.25, -0.2) is 5.84 Å². The van der Waals surface area contributed by atoms with Crippen molar-refractivity contribution in [1.29, 1.82) is 0 Å². The standard InChI is InChI=1S/C12H18N2O/c1-8-6-9(2)11(10(3)7-8)4-5-12(15)14-13/h6-7H,4-5,13H2,1-3H3,(H,14,15). The van der Waals surface area contributed by atoms with E-state index < -0.39 is 0 Å². The van der Waals surface area contributed by atoms with Crippen LogP contribution in [0.3, 0.4) is 0 Å². The molecule has 3 nitrogen and oxygen atoms in total. The van der Waals surface area contributed by atoms with E-state index in [0.717, 1.165) is 6.42 Å². The molecule has 1 aromatic carbocycles. The molecule has 0 fully saturated rings. The zero-order chi connectivity index (χ0) is 11.4. The molecule has 3 heteroatoms. The Morgan fingerprint density at radius 1 is 1.27 bits per heavy atom. The first-order valence-electron chi connectivity index (χ1n) is 5.10. The summed E-state index contributed by atoms with van der Waals surface area (Å²) >= 11 is 0. The number of amides is 1. The molecule has 0 saturated carbocycles. The van der Waals surface area contributed by atoms with Gasteiger partial charge in [-0.05, 0) is 43.9 Å². The summed E-state index contributed by atoms with van der Waals surface area (Å²) < 4.78 is 0. The van der Waals surface area contributed by atoms with Gasteiger partial charge in [-0.3, -0.25) is 10.2 Å². The van der Waals surface area contributed by atoms with Gasteiger partial charge >= 0.3 is 0 Å². The fourth-order valence-electron chi connectivity index (χ4n) is 1.91. The number of rotatable bonds is 3. The Bertz CT molecular complexity index is 349. The number of benzene rings is 1. The van der Waals surface area contributed by atoms with Gasteiger partial charge in [-0.2, -0.15) is 0 Å². The van der Waals surface area contributed by atoms with Gasteiger partial charge in [0.1, 0.15) is 0 Å². The van der Waals surface area contributed by atoms with Gasteiger partial charge in [0.25, 0.3) is 0 Å². The molecule has 1 amide bonds. The first-order chi connectivity index (χ1) is 7.04. The minimum absolute atomic E-state index is 0.116. The molecule has 0 aliphatic heterocycles. The van der Waals surface area contributed by atoms with Crippen molar-refractivity contribution < 1.29 is 4.79 Å². The van der Waals surface area contributed by atoms with Crippen molar-refractivity contribution in [2.45, 2.75) is 33.6 Å². The summed E-state index contributed by atoms with van der Waals surface area (Å²) in [4.78, 5) is 11.0. The minimum atomic E-state index is -0.116. The smallest absolute Gasteiger partial charge is 0.234 e. The van der Waals surface area contributed by atoms with Gasteiger partial charge in [0, 0.05) is 6.42 Å². The lowest BCUT2D eigenvalue weighted by atomic mass is 9.96. The number of hydrogen-bond donors (Lipinski definition) is 2. The van der Waals surface area contributed by atoms with E-state index in [1.54, 1.807) is 0 Å². The minimum Gasteiger partial charge on any atom is -0.294 e. The summed E-state index contributed by atoms with van der Waals surface area (Å²) in [7, 11) is 0. The molecule has 15 heavy (non-hydrogen) atoms. The molecule has 82 valence electrons. The molecule has 0 aliphatic carbocycles. The van der Waals surface area contributed by atoms with Crippen molar-refractivity contribution in [3.63, 3.8) is 0 Å². The second-order valence-electron chi connectivity index (χ2n) is 3.94. The molecule has 3 N–H and O–H groups in total. The van der Waals surface area contributed by atoms with Gasteiger partial charge in [0.05, 0.1) is 0 Å². The third kappa shape index (κ3) is 3.06. The van der Waals surface area contributed by atoms with E-state index in [-0.39, 0.29) is 5.91 Å². The second kappa shape index (κ2) is 4.94. The van der Waals surface area contributed by atoms with Crippen LogP contribution in [0.1, 0.15) is 28.7 Å². The Kier molecular flexibility index (Phi) is 3.86. The highest BCUT2D eigenvalue weighted by atomic mass is 16.2. The lowest BCUT2D eigenvalue weighted by molar-refractivity contribution is -0.121. The molecule has 0 radical (unpaired) electrons. The maximum atomic E-state index is 11.0. The van der Waals surface area contributed by atoms with E-state index >= 15 is 0 Å². The largest absolute Gasteiger partial charge is 0.294 e. The zero-order valence-corrected chi connectivity index (χ0v) is 9.55. The summed E-state index contributed by atoms with van der Waals surface area (Å²) in [6.45, 7) is 6.24. The van der Waals surface area contributed by atoms with Crippen LogP contribution in [0.4, 0.5) is 0 Å². The lowest BCUT2D eigenvalue weighted by Crippen LogP contribution is -2.30. The molecule has 0 saturated heterocycles. The van der Waals surface area contributed by atoms with Crippen molar-refractivity contribution in [3.05, 3.63) is 34.4 Å². The maximum absolute atomic E-state index is 11.0. The average molecular weight is 206 g/mol. The maximum Gasteiger partial charge on any atom is 0.234 e. The van der Waals surface area contributed by atoms with Crippen molar-refractivity contribution in [1.82, 2.24) is 5.43 Å². The lowest BCUT2D eigenvalue weighted by Gasteiger charge is -2.10. The number of nitrogens with two attached hydrogens (primary N) is 1. The molecule has 0 heterocycles. The molecule has 0 spiro atoms. The second-order valence-corrected chi connectivity index (χ2v) is 3.94. The molecule has 0 aliphatic rings. The normalized spacial score (nSPS) is 10.1. The Labute approximate surface area is 90.6 Å². The van der Waals surface area contributed by atoms with Crippen LogP contribution < -0.4 is 11.3 Å². The van der Waals surface area contributed by atoms with Crippen LogP contribution in [-0.2, 0) is 11.2 Å². The highest BCUT2D eigenvalue weighted by Gasteiger charge is 2.06. The van der Waals surface area contributed by atoms with E-state index in [1.807, 2.05) is 0 Å². The first kappa shape index (κ1) is 11.7. The van der Waals surface area contributed by atoms with Gasteiger partial charge < -0.3 is 0 Å². The summed E-state index contributed by atoms with van der Waals surface area (Å²) in [5.41, 5.74) is 7.16. The quantitative estimate of drug-likeness (QED) is 0.448. The number of carbonyl (C=O) groups excluding carboxylic acids is 1. The third-order valence-electron chi connectivity index (χ3n) is 2.60. The van der Waals surface area contributed by atoms with E-state index in [0.29, 0.717) is 6.42 Å². The van der Waals surface area contributed by atoms with Crippen molar-refractivity contribution in [2.24, 2.45) is 5.84 Å². The van der Waals surface area contributed by atoms with E-state index in [9.17, 15) is 4.79 Å². The molecule has 0 bridgehead atoms. The Hall–Kier alpha value is -1.35. The Morgan fingerprint density at radius 3 is 2.27 bits per heavy atom. The van der Waals surface area contributed by atoms with Crippen molar-refractivity contribution in [3.8, 4) is 0 Å². The average Bonchev–Trinajstić information content (AvgIpc) is 2.15. The van der Waals surface area contributed by atoms with E-state index in [2.05, 4.69) is 38.3 Å². The molecular weight excluding hydrogens is 188 g/mol. The summed E-state index contributed by atoms with van der Waals surface area (Å²) in [6.07, 6.45) is 1.20. The number of carbonyl (C=O) groups is 1. The van der Waals surface area contributed by atoms with Gasteiger partial charge in [0.15, 0.2) is 0 Å². The number of hydrogen-bond acceptors (Lipinski definition) is 2. The van der Waals surface area contributed by atoms with Crippen LogP contribution in [0, 0.1) is 20.8 Å². The van der Waals surface area contributed by atoms with Gasteiger partial charge in [-0.1, -0.05) is 17.7 Å². The summed E-state index contributed by atoms with van der Waals surface area (Å²) in [5, 5.41) is 0. The topological polar surface area (TPSA) is 55.1 Å². The highest BCUT2D eigenvalue weighted by Crippen LogP contribution is 2.17. The van der Waals surface area contributed by atoms with Crippen LogP contribution in [-0.4, -0.2) is 5.91 Å². The van der Waals surface area contributed by atoms with Crippen molar-refractivity contribution >= 4 is 5.91 Å². The van der Waals surface area contributed by atoms with Gasteiger partial charge in [-0.15, -0.1) is 0 Å². The molecular formula is C12H18N2O. The predicted molar refractivity (Wildman–Crippen MR) is 61.3 cm³/mol. The fourth-order valence-corrected chi connectivity index (χ4v) is 1.91. The molecule has 0 unspecified atom stereocenters. The van der Waals surface area contributed by atoms with E-state index in [4.69, 9.17) is 5.84 Å². The fraction of sp³-hybridized carbons (Fsp3) is 0.417. The molecule has 1 aromatic rings. The zero-order valence-electron chi connectivity index (χ0n) is 9.55. The van der Waals surface area contributed by atoms with Crippen LogP contribution in [0.15, 0.2) is 12.1 Å². The van der Waals surface area contributed by atoms with E-state index in [1.165, 1.54) is 22.3 Å². The van der Waals surface area contributed by atoms with Crippen LogP contribution in [0.2, 0.25) is 0 Å². The van der Waals surface area contributed by atoms with Gasteiger partial charge in [0.2, 0.25) is 5.91 Å². The Morgan fingerprint density at radius 2 is 1.80 bits per heavy atom. The molecule has 1 rings (SSSR count). The predicted octanol–water partition coefficient (Wildman–Crippen LogP) is 1.53. The first-order valence-corrected chi connectivity index (χ1v) is 5.10. The third-order valence-corrected chi connectivity index (χ3v) is 2.60. The summed E-state index contributed by atoms with van der Waals surface area (Å²) in [5.74, 6) is 4.92. The summed E-state index contributed by atoms with van der Waals surface area (Å²) in [6, 6.07) is 4.28. The van der Waals surface area contributed by atoms with Crippen LogP contribution in [0.5, 0.6) is 0 Å². The number of aryl methyl sites for hydroxylation is 3. The Balaban J connectivity index is 2.81. The van der Waals surface area contributed by atoms with Crippen molar-refractivity contribution in [2.75, 3.05) is 0 Å². The molecule has 0 atom stereocenters. The van der Waals surface area contributed by atoms with Crippen LogP contribution >= 0.6 is 0 Å². The SMILES string of the molecule is Cc1cc(C)c(CCC(=O)NN)c(C)c1. The highest BCUT2D eigenvalue weighted by molar-refractivity contribution is 5.75. The monoisotopic (exact) mass is 206 g/mol. The number of hydrazine groups is 1.